The third-order valence-corrected chi connectivity index (χ3v) is 6.34. The van der Waals surface area contributed by atoms with Crippen LogP contribution in [0.25, 0.3) is 22.6 Å². The van der Waals surface area contributed by atoms with Gasteiger partial charge in [-0.3, -0.25) is 4.90 Å². The van der Waals surface area contributed by atoms with Gasteiger partial charge in [-0.2, -0.15) is 0 Å². The summed E-state index contributed by atoms with van der Waals surface area (Å²) in [6.45, 7) is 2.78. The van der Waals surface area contributed by atoms with Crippen LogP contribution in [0.4, 0.5) is 4.39 Å². The Bertz CT molecular complexity index is 1160. The van der Waals surface area contributed by atoms with E-state index in [-0.39, 0.29) is 5.82 Å². The molecule has 1 aromatic heterocycles. The Balaban J connectivity index is 1.28. The molecule has 2 aromatic carbocycles. The van der Waals surface area contributed by atoms with Crippen LogP contribution in [0.2, 0.25) is 0 Å². The molecule has 1 aliphatic heterocycles. The van der Waals surface area contributed by atoms with E-state index in [1.165, 1.54) is 17.7 Å². The minimum Gasteiger partial charge on any atom is -0.493 e. The average molecular weight is 424 g/mol. The van der Waals surface area contributed by atoms with Crippen molar-refractivity contribution in [1.29, 1.82) is 0 Å². The lowest BCUT2D eigenvalue weighted by Crippen LogP contribution is -2.35. The molecule has 0 amide bonds. The van der Waals surface area contributed by atoms with Gasteiger partial charge in [-0.1, -0.05) is 5.16 Å². The van der Waals surface area contributed by atoms with Gasteiger partial charge in [-0.15, -0.1) is 0 Å². The maximum Gasteiger partial charge on any atom is 0.203 e. The van der Waals surface area contributed by atoms with Crippen LogP contribution < -0.4 is 14.2 Å². The summed E-state index contributed by atoms with van der Waals surface area (Å²) in [5.41, 5.74) is 4.92. The molecule has 0 atom stereocenters. The Morgan fingerprint density at radius 1 is 1.06 bits per heavy atom. The third kappa shape index (κ3) is 3.33. The highest BCUT2D eigenvalue weighted by Gasteiger charge is 2.31. The number of ether oxygens (including phenoxy) is 3. The van der Waals surface area contributed by atoms with Crippen molar-refractivity contribution in [2.45, 2.75) is 18.8 Å². The predicted octanol–water partition coefficient (Wildman–Crippen LogP) is 4.73. The maximum absolute atomic E-state index is 13.4. The number of aromatic nitrogens is 1. The number of likely N-dealkylation sites (tertiary alicyclic amines) is 1. The molecule has 3 aromatic rings. The fraction of sp³-hybridized carbons (Fsp3) is 0.375. The summed E-state index contributed by atoms with van der Waals surface area (Å²) in [4.78, 5) is 2.45. The van der Waals surface area contributed by atoms with Gasteiger partial charge in [-0.05, 0) is 61.3 Å². The van der Waals surface area contributed by atoms with E-state index < -0.39 is 0 Å². The Morgan fingerprint density at radius 3 is 2.55 bits per heavy atom. The van der Waals surface area contributed by atoms with Crippen molar-refractivity contribution in [1.82, 2.24) is 10.1 Å². The Hall–Kier alpha value is -3.06. The summed E-state index contributed by atoms with van der Waals surface area (Å²) in [6, 6.07) is 6.63. The van der Waals surface area contributed by atoms with Crippen molar-refractivity contribution >= 4 is 22.6 Å². The molecule has 0 bridgehead atoms. The molecule has 1 aliphatic carbocycles. The molecule has 0 saturated carbocycles. The second-order valence-electron chi connectivity index (χ2n) is 8.04. The summed E-state index contributed by atoms with van der Waals surface area (Å²) in [5.74, 6) is 2.05. The lowest BCUT2D eigenvalue weighted by molar-refractivity contribution is 0.231. The summed E-state index contributed by atoms with van der Waals surface area (Å²) in [5, 5.41) is 5.17. The smallest absolute Gasteiger partial charge is 0.203 e. The number of hydrogen-bond donors (Lipinski definition) is 0. The molecule has 1 fully saturated rings. The quantitative estimate of drug-likeness (QED) is 0.570. The van der Waals surface area contributed by atoms with Crippen LogP contribution >= 0.6 is 0 Å². The zero-order valence-electron chi connectivity index (χ0n) is 17.9. The Labute approximate surface area is 180 Å². The van der Waals surface area contributed by atoms with Crippen molar-refractivity contribution in [2.24, 2.45) is 0 Å². The number of methoxy groups -OCH3 is 3. The zero-order chi connectivity index (χ0) is 21.5. The molecule has 0 N–H and O–H groups in total. The van der Waals surface area contributed by atoms with E-state index in [2.05, 4.69) is 16.1 Å². The first-order valence-corrected chi connectivity index (χ1v) is 10.4. The van der Waals surface area contributed by atoms with E-state index in [0.29, 0.717) is 23.0 Å². The minimum absolute atomic E-state index is 0.302. The van der Waals surface area contributed by atoms with E-state index in [1.54, 1.807) is 27.4 Å². The number of fused-ring (bicyclic) bond motifs is 2. The predicted molar refractivity (Wildman–Crippen MR) is 116 cm³/mol. The van der Waals surface area contributed by atoms with Crippen LogP contribution in [-0.2, 0) is 0 Å². The van der Waals surface area contributed by atoms with Crippen LogP contribution in [0.3, 0.4) is 0 Å². The SMILES string of the molecule is COc1cc2c(c(OC)c1OC)C(CN1CCC(c3noc4cc(F)ccc34)CC1)=C2. The molecular formula is C24H25FN2O4. The second-order valence-corrected chi connectivity index (χ2v) is 8.04. The number of halogens is 1. The Morgan fingerprint density at radius 2 is 1.84 bits per heavy atom. The third-order valence-electron chi connectivity index (χ3n) is 6.34. The fourth-order valence-electron chi connectivity index (χ4n) is 4.76. The highest BCUT2D eigenvalue weighted by Crippen LogP contribution is 2.50. The molecule has 5 rings (SSSR count). The topological polar surface area (TPSA) is 57.0 Å². The highest BCUT2D eigenvalue weighted by molar-refractivity contribution is 6.00. The number of nitrogens with zero attached hydrogens (tertiary/aromatic N) is 2. The first kappa shape index (κ1) is 19.9. The second kappa shape index (κ2) is 7.89. The minimum atomic E-state index is -0.302. The molecule has 162 valence electrons. The van der Waals surface area contributed by atoms with E-state index in [4.69, 9.17) is 18.7 Å². The zero-order valence-corrected chi connectivity index (χ0v) is 17.9. The summed E-state index contributed by atoms with van der Waals surface area (Å²) in [6.07, 6.45) is 4.16. The number of rotatable bonds is 6. The van der Waals surface area contributed by atoms with Crippen molar-refractivity contribution in [2.75, 3.05) is 41.0 Å². The van der Waals surface area contributed by atoms with E-state index in [1.807, 2.05) is 6.07 Å². The number of benzene rings is 2. The van der Waals surface area contributed by atoms with Gasteiger partial charge in [0.05, 0.1) is 27.0 Å². The van der Waals surface area contributed by atoms with E-state index >= 15 is 0 Å². The molecule has 0 radical (unpaired) electrons. The molecule has 0 unspecified atom stereocenters. The fourth-order valence-corrected chi connectivity index (χ4v) is 4.76. The van der Waals surface area contributed by atoms with Gasteiger partial charge in [0.15, 0.2) is 17.1 Å². The van der Waals surface area contributed by atoms with E-state index in [0.717, 1.165) is 60.4 Å². The molecular weight excluding hydrogens is 399 g/mol. The van der Waals surface area contributed by atoms with Gasteiger partial charge in [0.1, 0.15) is 5.82 Å². The first-order valence-electron chi connectivity index (χ1n) is 10.4. The highest BCUT2D eigenvalue weighted by atomic mass is 19.1. The van der Waals surface area contributed by atoms with Crippen LogP contribution in [0, 0.1) is 5.82 Å². The first-order chi connectivity index (χ1) is 15.1. The molecule has 6 nitrogen and oxygen atoms in total. The molecule has 1 saturated heterocycles. The summed E-state index contributed by atoms with van der Waals surface area (Å²) < 4.78 is 35.4. The number of hydrogen-bond acceptors (Lipinski definition) is 6. The van der Waals surface area contributed by atoms with E-state index in [9.17, 15) is 4.39 Å². The molecule has 2 heterocycles. The lowest BCUT2D eigenvalue weighted by atomic mass is 9.85. The normalized spacial score (nSPS) is 16.6. The number of piperidine rings is 1. The van der Waals surface area contributed by atoms with Crippen LogP contribution in [0.1, 0.15) is 35.6 Å². The van der Waals surface area contributed by atoms with Crippen LogP contribution in [-0.4, -0.2) is 51.0 Å². The van der Waals surface area contributed by atoms with Gasteiger partial charge >= 0.3 is 0 Å². The standard InChI is InChI=1S/C24H25FN2O4/c1-28-20-11-15-10-16(21(15)24(30-3)23(20)29-2)13-27-8-6-14(7-9-27)22-18-5-4-17(25)12-19(18)31-26-22/h4-5,10-12,14H,6-9,13H2,1-3H3. The monoisotopic (exact) mass is 424 g/mol. The molecule has 2 aliphatic rings. The molecule has 7 heteroatoms. The summed E-state index contributed by atoms with van der Waals surface area (Å²) >= 11 is 0. The molecule has 31 heavy (non-hydrogen) atoms. The van der Waals surface area contributed by atoms with Crippen molar-refractivity contribution in [3.05, 3.63) is 46.9 Å². The van der Waals surface area contributed by atoms with Crippen molar-refractivity contribution in [3.8, 4) is 17.2 Å². The molecule has 0 spiro atoms. The summed E-state index contributed by atoms with van der Waals surface area (Å²) in [7, 11) is 4.92. The Kier molecular flexibility index (Phi) is 5.06. The van der Waals surface area contributed by atoms with Gasteiger partial charge in [0.25, 0.3) is 0 Å². The van der Waals surface area contributed by atoms with Crippen LogP contribution in [0.15, 0.2) is 28.8 Å². The average Bonchev–Trinajstić information content (AvgIpc) is 3.19. The van der Waals surface area contributed by atoms with Gasteiger partial charge < -0.3 is 18.7 Å². The van der Waals surface area contributed by atoms with Gasteiger partial charge in [0, 0.05) is 29.5 Å². The van der Waals surface area contributed by atoms with Crippen molar-refractivity contribution in [3.63, 3.8) is 0 Å². The maximum atomic E-state index is 13.4. The lowest BCUT2D eigenvalue weighted by Gasteiger charge is -2.34. The van der Waals surface area contributed by atoms with Gasteiger partial charge in [-0.25, -0.2) is 4.39 Å². The van der Waals surface area contributed by atoms with Crippen LogP contribution in [0.5, 0.6) is 17.2 Å². The largest absolute Gasteiger partial charge is 0.493 e. The van der Waals surface area contributed by atoms with Crippen molar-refractivity contribution < 1.29 is 23.1 Å². The van der Waals surface area contributed by atoms with Gasteiger partial charge in [0.2, 0.25) is 5.75 Å².